The number of rotatable bonds is 7. The molecule has 29 heavy (non-hydrogen) atoms. The number of esters is 1. The Morgan fingerprint density at radius 2 is 1.69 bits per heavy atom. The predicted octanol–water partition coefficient (Wildman–Crippen LogP) is 4.36. The lowest BCUT2D eigenvalue weighted by Crippen LogP contribution is -2.06. The summed E-state index contributed by atoms with van der Waals surface area (Å²) >= 11 is 0. The third-order valence-corrected chi connectivity index (χ3v) is 3.73. The summed E-state index contributed by atoms with van der Waals surface area (Å²) in [5.41, 5.74) is 0.563. The highest BCUT2D eigenvalue weighted by Gasteiger charge is 2.20. The lowest BCUT2D eigenvalue weighted by Gasteiger charge is -2.14. The first-order valence-electron chi connectivity index (χ1n) is 8.45. The van der Waals surface area contributed by atoms with Crippen molar-refractivity contribution in [3.8, 4) is 23.1 Å². The van der Waals surface area contributed by atoms with Gasteiger partial charge in [-0.15, -0.1) is 0 Å². The van der Waals surface area contributed by atoms with Gasteiger partial charge < -0.3 is 18.9 Å². The summed E-state index contributed by atoms with van der Waals surface area (Å²) in [4.78, 5) is 20.1. The van der Waals surface area contributed by atoms with Gasteiger partial charge in [-0.2, -0.15) is 4.98 Å². The molecule has 148 valence electrons. The second kappa shape index (κ2) is 9.32. The maximum absolute atomic E-state index is 13.9. The van der Waals surface area contributed by atoms with Crippen molar-refractivity contribution in [2.24, 2.45) is 0 Å². The molecule has 0 aliphatic heterocycles. The van der Waals surface area contributed by atoms with Crippen molar-refractivity contribution in [3.05, 3.63) is 78.7 Å². The molecule has 0 radical (unpaired) electrons. The number of para-hydroxylation sites is 2. The van der Waals surface area contributed by atoms with Crippen molar-refractivity contribution < 1.29 is 28.1 Å². The van der Waals surface area contributed by atoms with Crippen LogP contribution in [0.15, 0.2) is 67.3 Å². The SMILES string of the molecule is CO/C=C(/C(=O)OC)c1ccccc1Oc1ncncc1Oc1ccccc1F. The number of carbonyl (C=O) groups excluding carboxylic acids is 1. The first kappa shape index (κ1) is 19.8. The van der Waals surface area contributed by atoms with Crippen molar-refractivity contribution in [2.75, 3.05) is 14.2 Å². The molecular formula is C21H17FN2O5. The van der Waals surface area contributed by atoms with E-state index in [9.17, 15) is 9.18 Å². The van der Waals surface area contributed by atoms with Gasteiger partial charge in [-0.1, -0.05) is 30.3 Å². The van der Waals surface area contributed by atoms with Gasteiger partial charge in [-0.3, -0.25) is 0 Å². The Labute approximate surface area is 166 Å². The maximum Gasteiger partial charge on any atom is 0.341 e. The van der Waals surface area contributed by atoms with E-state index in [0.717, 1.165) is 0 Å². The van der Waals surface area contributed by atoms with Crippen LogP contribution in [0.1, 0.15) is 5.56 Å². The van der Waals surface area contributed by atoms with Crippen LogP contribution < -0.4 is 9.47 Å². The molecule has 0 N–H and O–H groups in total. The van der Waals surface area contributed by atoms with E-state index in [4.69, 9.17) is 18.9 Å². The van der Waals surface area contributed by atoms with Crippen LogP contribution in [-0.2, 0) is 14.3 Å². The molecule has 3 rings (SSSR count). The zero-order chi connectivity index (χ0) is 20.6. The fraction of sp³-hybridized carbons (Fsp3) is 0.0952. The number of hydrogen-bond donors (Lipinski definition) is 0. The summed E-state index contributed by atoms with van der Waals surface area (Å²) in [6, 6.07) is 12.7. The predicted molar refractivity (Wildman–Crippen MR) is 102 cm³/mol. The quantitative estimate of drug-likeness (QED) is 0.333. The van der Waals surface area contributed by atoms with Crippen LogP contribution in [-0.4, -0.2) is 30.2 Å². The smallest absolute Gasteiger partial charge is 0.341 e. The summed E-state index contributed by atoms with van der Waals surface area (Å²) in [5.74, 6) is -0.722. The van der Waals surface area contributed by atoms with E-state index >= 15 is 0 Å². The van der Waals surface area contributed by atoms with Crippen molar-refractivity contribution in [3.63, 3.8) is 0 Å². The van der Waals surface area contributed by atoms with E-state index in [0.29, 0.717) is 11.3 Å². The van der Waals surface area contributed by atoms with Crippen molar-refractivity contribution in [1.29, 1.82) is 0 Å². The van der Waals surface area contributed by atoms with Gasteiger partial charge in [0.05, 0.1) is 26.7 Å². The Bertz CT molecular complexity index is 1040. The monoisotopic (exact) mass is 396 g/mol. The lowest BCUT2D eigenvalue weighted by atomic mass is 10.1. The Kier molecular flexibility index (Phi) is 6.36. The van der Waals surface area contributed by atoms with Gasteiger partial charge in [0, 0.05) is 5.56 Å². The number of aromatic nitrogens is 2. The third kappa shape index (κ3) is 4.67. The average molecular weight is 396 g/mol. The van der Waals surface area contributed by atoms with Crippen molar-refractivity contribution in [2.45, 2.75) is 0 Å². The zero-order valence-corrected chi connectivity index (χ0v) is 15.7. The van der Waals surface area contributed by atoms with E-state index in [2.05, 4.69) is 9.97 Å². The van der Waals surface area contributed by atoms with E-state index in [1.54, 1.807) is 36.4 Å². The summed E-state index contributed by atoms with van der Waals surface area (Å²) in [6.07, 6.45) is 3.87. The second-order valence-corrected chi connectivity index (χ2v) is 5.58. The van der Waals surface area contributed by atoms with Gasteiger partial charge in [0.25, 0.3) is 5.88 Å². The van der Waals surface area contributed by atoms with E-state index in [-0.39, 0.29) is 23.0 Å². The fourth-order valence-corrected chi connectivity index (χ4v) is 2.43. The number of halogens is 1. The minimum atomic E-state index is -0.603. The summed E-state index contributed by atoms with van der Waals surface area (Å²) in [6.45, 7) is 0. The molecule has 0 aliphatic carbocycles. The molecule has 8 heteroatoms. The highest BCUT2D eigenvalue weighted by Crippen LogP contribution is 2.36. The lowest BCUT2D eigenvalue weighted by molar-refractivity contribution is -0.133. The van der Waals surface area contributed by atoms with Crippen molar-refractivity contribution >= 4 is 11.5 Å². The average Bonchev–Trinajstić information content (AvgIpc) is 2.75. The molecule has 7 nitrogen and oxygen atoms in total. The minimum Gasteiger partial charge on any atom is -0.503 e. The highest BCUT2D eigenvalue weighted by molar-refractivity contribution is 6.17. The van der Waals surface area contributed by atoms with E-state index < -0.39 is 11.8 Å². The van der Waals surface area contributed by atoms with Crippen LogP contribution in [0.3, 0.4) is 0 Å². The summed E-state index contributed by atoms with van der Waals surface area (Å²) in [5, 5.41) is 0. The number of carbonyl (C=O) groups is 1. The largest absolute Gasteiger partial charge is 0.503 e. The molecule has 0 saturated heterocycles. The van der Waals surface area contributed by atoms with Crippen LogP contribution in [0.2, 0.25) is 0 Å². The standard InChI is InChI=1S/C21H17FN2O5/c1-26-12-15(21(25)27-2)14-7-3-5-9-17(14)29-20-19(11-23-13-24-20)28-18-10-6-4-8-16(18)22/h3-13H,1-2H3/b15-12+. The Balaban J connectivity index is 1.97. The third-order valence-electron chi connectivity index (χ3n) is 3.73. The van der Waals surface area contributed by atoms with E-state index in [1.165, 1.54) is 45.1 Å². The number of nitrogens with zero attached hydrogens (tertiary/aromatic N) is 2. The van der Waals surface area contributed by atoms with Gasteiger partial charge in [0.15, 0.2) is 11.6 Å². The Hall–Kier alpha value is -3.94. The van der Waals surface area contributed by atoms with Gasteiger partial charge in [0.1, 0.15) is 17.6 Å². The van der Waals surface area contributed by atoms with Crippen LogP contribution in [0.25, 0.3) is 5.57 Å². The maximum atomic E-state index is 13.9. The molecule has 2 aromatic carbocycles. The Morgan fingerprint density at radius 3 is 2.41 bits per heavy atom. The molecule has 0 amide bonds. The van der Waals surface area contributed by atoms with Crippen LogP contribution in [0, 0.1) is 5.82 Å². The molecule has 0 unspecified atom stereocenters. The number of benzene rings is 2. The number of ether oxygens (including phenoxy) is 4. The molecule has 0 atom stereocenters. The molecule has 0 spiro atoms. The summed E-state index contributed by atoms with van der Waals surface area (Å²) in [7, 11) is 2.68. The second-order valence-electron chi connectivity index (χ2n) is 5.58. The highest BCUT2D eigenvalue weighted by atomic mass is 19.1. The normalized spacial score (nSPS) is 10.9. The number of methoxy groups -OCH3 is 2. The minimum absolute atomic E-state index is 0.00466. The zero-order valence-electron chi connectivity index (χ0n) is 15.7. The van der Waals surface area contributed by atoms with Crippen LogP contribution in [0.5, 0.6) is 23.1 Å². The fourth-order valence-electron chi connectivity index (χ4n) is 2.43. The molecule has 1 heterocycles. The van der Waals surface area contributed by atoms with Crippen LogP contribution in [0.4, 0.5) is 4.39 Å². The van der Waals surface area contributed by atoms with E-state index in [1.807, 2.05) is 0 Å². The number of hydrogen-bond acceptors (Lipinski definition) is 7. The summed E-state index contributed by atoms with van der Waals surface area (Å²) < 4.78 is 35.2. The molecule has 0 aliphatic rings. The molecular weight excluding hydrogens is 379 g/mol. The molecule has 3 aromatic rings. The molecule has 0 fully saturated rings. The van der Waals surface area contributed by atoms with Gasteiger partial charge in [0.2, 0.25) is 5.75 Å². The van der Waals surface area contributed by atoms with Gasteiger partial charge in [-0.05, 0) is 18.2 Å². The van der Waals surface area contributed by atoms with Gasteiger partial charge in [-0.25, -0.2) is 14.2 Å². The van der Waals surface area contributed by atoms with Gasteiger partial charge >= 0.3 is 5.97 Å². The Morgan fingerprint density at radius 1 is 0.966 bits per heavy atom. The molecule has 0 bridgehead atoms. The topological polar surface area (TPSA) is 79.8 Å². The first-order valence-corrected chi connectivity index (χ1v) is 8.45. The van der Waals surface area contributed by atoms with Crippen molar-refractivity contribution in [1.82, 2.24) is 9.97 Å². The molecule has 0 saturated carbocycles. The first-order chi connectivity index (χ1) is 14.1. The molecule has 1 aromatic heterocycles. The van der Waals surface area contributed by atoms with Crippen LogP contribution >= 0.6 is 0 Å².